The SMILES string of the molecule is Cc1cc(F)cc(C(=O)Nc2cn(C)cc(Br)c2=O)c1. The normalized spacial score (nSPS) is 10.4. The quantitative estimate of drug-likeness (QED) is 0.915. The Morgan fingerprint density at radius 2 is 2.00 bits per heavy atom. The summed E-state index contributed by atoms with van der Waals surface area (Å²) in [5.74, 6) is -1.01. The van der Waals surface area contributed by atoms with Gasteiger partial charge in [0.15, 0.2) is 0 Å². The molecule has 0 unspecified atom stereocenters. The van der Waals surface area contributed by atoms with Crippen molar-refractivity contribution in [2.45, 2.75) is 6.92 Å². The van der Waals surface area contributed by atoms with Crippen molar-refractivity contribution in [3.8, 4) is 0 Å². The summed E-state index contributed by atoms with van der Waals surface area (Å²) in [5, 5.41) is 2.49. The Labute approximate surface area is 123 Å². The first-order chi connectivity index (χ1) is 9.36. The summed E-state index contributed by atoms with van der Waals surface area (Å²) in [4.78, 5) is 23.9. The minimum absolute atomic E-state index is 0.133. The second-order valence-corrected chi connectivity index (χ2v) is 5.34. The van der Waals surface area contributed by atoms with Gasteiger partial charge in [0.2, 0.25) is 5.43 Å². The van der Waals surface area contributed by atoms with Crippen LogP contribution in [-0.4, -0.2) is 10.5 Å². The number of benzene rings is 1. The number of aromatic nitrogens is 1. The number of amides is 1. The Morgan fingerprint density at radius 3 is 2.65 bits per heavy atom. The largest absolute Gasteiger partial charge is 0.354 e. The molecule has 0 fully saturated rings. The van der Waals surface area contributed by atoms with Gasteiger partial charge < -0.3 is 9.88 Å². The van der Waals surface area contributed by atoms with Crippen LogP contribution in [0.4, 0.5) is 10.1 Å². The minimum Gasteiger partial charge on any atom is -0.354 e. The fourth-order valence-electron chi connectivity index (χ4n) is 1.82. The molecule has 1 N–H and O–H groups in total. The molecule has 1 heterocycles. The Balaban J connectivity index is 2.35. The lowest BCUT2D eigenvalue weighted by atomic mass is 10.1. The molecule has 1 aromatic carbocycles. The van der Waals surface area contributed by atoms with Crippen LogP contribution in [0.25, 0.3) is 0 Å². The molecule has 0 aliphatic rings. The number of carbonyl (C=O) groups excluding carboxylic acids is 1. The number of anilines is 1. The van der Waals surface area contributed by atoms with E-state index >= 15 is 0 Å². The lowest BCUT2D eigenvalue weighted by Gasteiger charge is -2.08. The molecular weight excluding hydrogens is 327 g/mol. The molecule has 20 heavy (non-hydrogen) atoms. The maximum atomic E-state index is 13.3. The Hall–Kier alpha value is -1.95. The molecule has 0 bridgehead atoms. The van der Waals surface area contributed by atoms with Gasteiger partial charge in [0.05, 0.1) is 4.47 Å². The molecule has 0 aliphatic carbocycles. The van der Waals surface area contributed by atoms with Crippen LogP contribution < -0.4 is 10.7 Å². The number of pyridine rings is 1. The van der Waals surface area contributed by atoms with Crippen LogP contribution >= 0.6 is 15.9 Å². The van der Waals surface area contributed by atoms with Crippen molar-refractivity contribution in [1.82, 2.24) is 4.57 Å². The molecule has 0 radical (unpaired) electrons. The van der Waals surface area contributed by atoms with Gasteiger partial charge >= 0.3 is 0 Å². The highest BCUT2D eigenvalue weighted by molar-refractivity contribution is 9.10. The van der Waals surface area contributed by atoms with E-state index in [0.29, 0.717) is 10.0 Å². The summed E-state index contributed by atoms with van der Waals surface area (Å²) in [6, 6.07) is 4.01. The first kappa shape index (κ1) is 14.5. The van der Waals surface area contributed by atoms with Crippen LogP contribution in [0.1, 0.15) is 15.9 Å². The second kappa shape index (κ2) is 5.58. The minimum atomic E-state index is -0.525. The number of hydrogen-bond acceptors (Lipinski definition) is 2. The topological polar surface area (TPSA) is 51.1 Å². The van der Waals surface area contributed by atoms with E-state index < -0.39 is 11.7 Å². The second-order valence-electron chi connectivity index (χ2n) is 4.49. The molecule has 4 nitrogen and oxygen atoms in total. The summed E-state index contributed by atoms with van der Waals surface area (Å²) in [6.07, 6.45) is 3.08. The zero-order chi connectivity index (χ0) is 14.9. The van der Waals surface area contributed by atoms with Gasteiger partial charge in [0.1, 0.15) is 11.5 Å². The van der Waals surface area contributed by atoms with Crippen LogP contribution in [0.2, 0.25) is 0 Å². The third kappa shape index (κ3) is 3.14. The average molecular weight is 339 g/mol. The number of nitrogens with zero attached hydrogens (tertiary/aromatic N) is 1. The number of nitrogens with one attached hydrogen (secondary N) is 1. The maximum Gasteiger partial charge on any atom is 0.255 e. The van der Waals surface area contributed by atoms with Gasteiger partial charge in [-0.1, -0.05) is 0 Å². The Morgan fingerprint density at radius 1 is 1.30 bits per heavy atom. The van der Waals surface area contributed by atoms with Crippen LogP contribution in [0.15, 0.2) is 39.9 Å². The summed E-state index contributed by atoms with van der Waals surface area (Å²) < 4.78 is 15.3. The first-order valence-corrected chi connectivity index (χ1v) is 6.60. The number of rotatable bonds is 2. The maximum absolute atomic E-state index is 13.3. The highest BCUT2D eigenvalue weighted by Gasteiger charge is 2.12. The molecule has 2 aromatic rings. The van der Waals surface area contributed by atoms with Crippen LogP contribution in [-0.2, 0) is 7.05 Å². The van der Waals surface area contributed by atoms with E-state index in [0.717, 1.165) is 6.07 Å². The van der Waals surface area contributed by atoms with Gasteiger partial charge in [-0.25, -0.2) is 4.39 Å². The number of aryl methyl sites for hydroxylation is 2. The predicted molar refractivity (Wildman–Crippen MR) is 78.5 cm³/mol. The molecule has 0 saturated carbocycles. The van der Waals surface area contributed by atoms with Crippen molar-refractivity contribution < 1.29 is 9.18 Å². The van der Waals surface area contributed by atoms with Gasteiger partial charge in [-0.2, -0.15) is 0 Å². The monoisotopic (exact) mass is 338 g/mol. The third-order valence-electron chi connectivity index (χ3n) is 2.66. The van der Waals surface area contributed by atoms with Gasteiger partial charge in [0, 0.05) is 25.0 Å². The van der Waals surface area contributed by atoms with Crippen molar-refractivity contribution in [2.75, 3.05) is 5.32 Å². The van der Waals surface area contributed by atoms with Crippen LogP contribution in [0.3, 0.4) is 0 Å². The predicted octanol–water partition coefficient (Wildman–Crippen LogP) is 2.85. The zero-order valence-electron chi connectivity index (χ0n) is 10.9. The Bertz CT molecular complexity index is 720. The number of hydrogen-bond donors (Lipinski definition) is 1. The standard InChI is InChI=1S/C14H12BrFN2O2/c1-8-3-9(5-10(16)4-8)14(20)17-12-7-18(2)6-11(15)13(12)19/h3-7H,1-2H3,(H,17,20). The summed E-state index contributed by atoms with van der Waals surface area (Å²) in [7, 11) is 1.73. The summed E-state index contributed by atoms with van der Waals surface area (Å²) in [6.45, 7) is 1.69. The van der Waals surface area contributed by atoms with E-state index in [1.807, 2.05) is 0 Å². The molecule has 2 rings (SSSR count). The van der Waals surface area contributed by atoms with Gasteiger partial charge in [0.25, 0.3) is 5.91 Å². The summed E-state index contributed by atoms with van der Waals surface area (Å²) >= 11 is 3.12. The Kier molecular flexibility index (Phi) is 4.04. The highest BCUT2D eigenvalue weighted by Crippen LogP contribution is 2.12. The molecular formula is C14H12BrFN2O2. The van der Waals surface area contributed by atoms with Crippen LogP contribution in [0, 0.1) is 12.7 Å². The van der Waals surface area contributed by atoms with Crippen molar-refractivity contribution in [1.29, 1.82) is 0 Å². The molecule has 104 valence electrons. The van der Waals surface area contributed by atoms with Crippen molar-refractivity contribution in [3.63, 3.8) is 0 Å². The van der Waals surface area contributed by atoms with Crippen LogP contribution in [0.5, 0.6) is 0 Å². The molecule has 0 saturated heterocycles. The zero-order valence-corrected chi connectivity index (χ0v) is 12.5. The molecule has 6 heteroatoms. The fraction of sp³-hybridized carbons (Fsp3) is 0.143. The van der Waals surface area contributed by atoms with E-state index in [2.05, 4.69) is 21.2 Å². The van der Waals surface area contributed by atoms with E-state index in [9.17, 15) is 14.0 Å². The number of carbonyl (C=O) groups is 1. The lowest BCUT2D eigenvalue weighted by Crippen LogP contribution is -2.20. The van der Waals surface area contributed by atoms with Gasteiger partial charge in [-0.15, -0.1) is 0 Å². The van der Waals surface area contributed by atoms with E-state index in [1.165, 1.54) is 12.3 Å². The van der Waals surface area contributed by atoms with E-state index in [-0.39, 0.29) is 16.7 Å². The molecule has 0 atom stereocenters. The van der Waals surface area contributed by atoms with Crippen molar-refractivity contribution >= 4 is 27.5 Å². The van der Waals surface area contributed by atoms with Gasteiger partial charge in [-0.05, 0) is 46.6 Å². The van der Waals surface area contributed by atoms with E-state index in [1.54, 1.807) is 30.8 Å². The smallest absolute Gasteiger partial charge is 0.255 e. The molecule has 1 aromatic heterocycles. The average Bonchev–Trinajstić information content (AvgIpc) is 2.34. The van der Waals surface area contributed by atoms with E-state index in [4.69, 9.17) is 0 Å². The first-order valence-electron chi connectivity index (χ1n) is 5.81. The molecule has 0 aliphatic heterocycles. The fourth-order valence-corrected chi connectivity index (χ4v) is 2.35. The number of halogens is 2. The third-order valence-corrected chi connectivity index (χ3v) is 3.23. The molecule has 1 amide bonds. The summed E-state index contributed by atoms with van der Waals surface area (Å²) in [5.41, 5.74) is 0.611. The molecule has 0 spiro atoms. The highest BCUT2D eigenvalue weighted by atomic mass is 79.9. The van der Waals surface area contributed by atoms with Crippen molar-refractivity contribution in [2.24, 2.45) is 7.05 Å². The van der Waals surface area contributed by atoms with Gasteiger partial charge in [-0.3, -0.25) is 9.59 Å². The lowest BCUT2D eigenvalue weighted by molar-refractivity contribution is 0.102. The van der Waals surface area contributed by atoms with Crippen molar-refractivity contribution in [3.05, 3.63) is 62.2 Å².